The average molecular weight is 549 g/mol. The number of hydrogen-bond donors (Lipinski definition) is 3. The van der Waals surface area contributed by atoms with E-state index in [1.807, 2.05) is 0 Å². The average Bonchev–Trinajstić information content (AvgIpc) is 3.34. The number of para-hydroxylation sites is 2. The van der Waals surface area contributed by atoms with Crippen LogP contribution in [0.15, 0.2) is 87.0 Å². The standard InChI is InChI=1S/C28H25ClN4O4S/c1-16-8-13-23(37-16)26-20(14-30)28(38-15-24(34)32-19-11-9-18(29)10-12-19)31-17(2)25(26)27(35)33-21-6-4-5-7-22(21)36-3/h4-13,26,31H,15H2,1-3H3,(H,32,34)(H,33,35)/t26-/m1/s1. The Morgan fingerprint density at radius 1 is 1.11 bits per heavy atom. The molecule has 0 fully saturated rings. The number of rotatable bonds is 8. The van der Waals surface area contributed by atoms with Gasteiger partial charge in [-0.3, -0.25) is 9.59 Å². The lowest BCUT2D eigenvalue weighted by Gasteiger charge is -2.28. The van der Waals surface area contributed by atoms with Gasteiger partial charge in [-0.25, -0.2) is 0 Å². The van der Waals surface area contributed by atoms with E-state index < -0.39 is 11.8 Å². The fraction of sp³-hybridized carbons (Fsp3) is 0.179. The van der Waals surface area contributed by atoms with Crippen LogP contribution in [0.4, 0.5) is 11.4 Å². The number of furan rings is 1. The fourth-order valence-electron chi connectivity index (χ4n) is 4.03. The van der Waals surface area contributed by atoms with E-state index in [0.29, 0.717) is 50.0 Å². The predicted molar refractivity (Wildman–Crippen MR) is 149 cm³/mol. The summed E-state index contributed by atoms with van der Waals surface area (Å²) in [7, 11) is 1.52. The molecule has 1 aliphatic rings. The van der Waals surface area contributed by atoms with Gasteiger partial charge >= 0.3 is 0 Å². The van der Waals surface area contributed by atoms with Crippen LogP contribution in [0.5, 0.6) is 5.75 Å². The van der Waals surface area contributed by atoms with Gasteiger partial charge in [-0.1, -0.05) is 35.5 Å². The molecule has 1 aromatic heterocycles. The molecule has 0 bridgehead atoms. The molecule has 0 aliphatic carbocycles. The van der Waals surface area contributed by atoms with Crippen LogP contribution in [0.3, 0.4) is 0 Å². The summed E-state index contributed by atoms with van der Waals surface area (Å²) in [6.45, 7) is 3.55. The number of thioether (sulfide) groups is 1. The second-order valence-electron chi connectivity index (χ2n) is 8.40. The third kappa shape index (κ3) is 6.05. The number of nitrogens with one attached hydrogen (secondary N) is 3. The highest BCUT2D eigenvalue weighted by Gasteiger charge is 2.37. The van der Waals surface area contributed by atoms with Crippen molar-refractivity contribution in [3.8, 4) is 11.8 Å². The monoisotopic (exact) mass is 548 g/mol. The van der Waals surface area contributed by atoms with Crippen molar-refractivity contribution in [2.45, 2.75) is 19.8 Å². The van der Waals surface area contributed by atoms with Crippen LogP contribution < -0.4 is 20.7 Å². The van der Waals surface area contributed by atoms with Gasteiger partial charge in [0.2, 0.25) is 5.91 Å². The Morgan fingerprint density at radius 3 is 2.50 bits per heavy atom. The predicted octanol–water partition coefficient (Wildman–Crippen LogP) is 5.96. The number of halogens is 1. The highest BCUT2D eigenvalue weighted by molar-refractivity contribution is 8.03. The summed E-state index contributed by atoms with van der Waals surface area (Å²) >= 11 is 7.08. The van der Waals surface area contributed by atoms with Crippen LogP contribution in [0.2, 0.25) is 5.02 Å². The first kappa shape index (κ1) is 26.9. The second-order valence-corrected chi connectivity index (χ2v) is 9.82. The van der Waals surface area contributed by atoms with Gasteiger partial charge in [0.05, 0.1) is 46.7 Å². The summed E-state index contributed by atoms with van der Waals surface area (Å²) in [5.74, 6) is 0.212. The third-order valence-electron chi connectivity index (χ3n) is 5.77. The number of methoxy groups -OCH3 is 1. The van der Waals surface area contributed by atoms with Gasteiger partial charge in [0.15, 0.2) is 0 Å². The summed E-state index contributed by atoms with van der Waals surface area (Å²) in [6.07, 6.45) is 0. The van der Waals surface area contributed by atoms with Crippen molar-refractivity contribution in [3.05, 3.63) is 99.1 Å². The quantitative estimate of drug-likeness (QED) is 0.318. The van der Waals surface area contributed by atoms with E-state index in [1.165, 1.54) is 18.9 Å². The zero-order valence-electron chi connectivity index (χ0n) is 20.9. The van der Waals surface area contributed by atoms with Crippen molar-refractivity contribution >= 4 is 46.6 Å². The van der Waals surface area contributed by atoms with E-state index in [2.05, 4.69) is 22.0 Å². The molecule has 0 radical (unpaired) electrons. The topological polar surface area (TPSA) is 116 Å². The molecule has 8 nitrogen and oxygen atoms in total. The molecule has 0 saturated heterocycles. The Kier molecular flexibility index (Phi) is 8.46. The molecular weight excluding hydrogens is 524 g/mol. The van der Waals surface area contributed by atoms with Gasteiger partial charge in [-0.05, 0) is 62.4 Å². The number of carbonyl (C=O) groups excluding carboxylic acids is 2. The van der Waals surface area contributed by atoms with E-state index in [-0.39, 0.29) is 17.2 Å². The summed E-state index contributed by atoms with van der Waals surface area (Å²) < 4.78 is 11.3. The van der Waals surface area contributed by atoms with Crippen molar-refractivity contribution in [1.29, 1.82) is 5.26 Å². The van der Waals surface area contributed by atoms with E-state index in [4.69, 9.17) is 20.8 Å². The first-order valence-electron chi connectivity index (χ1n) is 11.6. The normalized spacial score (nSPS) is 15.0. The molecule has 2 heterocycles. The lowest BCUT2D eigenvalue weighted by atomic mass is 9.85. The number of amides is 2. The number of dihydropyridines is 1. The molecular formula is C28H25ClN4O4S. The SMILES string of the molecule is COc1ccccc1NC(=O)C1=C(C)NC(SCC(=O)Nc2ccc(Cl)cc2)=C(C#N)[C@@H]1c1ccc(C)o1. The maximum Gasteiger partial charge on any atom is 0.254 e. The van der Waals surface area contributed by atoms with E-state index in [9.17, 15) is 14.9 Å². The van der Waals surface area contributed by atoms with Crippen LogP contribution in [0.25, 0.3) is 0 Å². The van der Waals surface area contributed by atoms with Crippen LogP contribution in [-0.2, 0) is 9.59 Å². The third-order valence-corrected chi connectivity index (χ3v) is 7.04. The van der Waals surface area contributed by atoms with Crippen molar-refractivity contribution in [2.75, 3.05) is 23.5 Å². The summed E-state index contributed by atoms with van der Waals surface area (Å²) in [4.78, 5) is 26.2. The Balaban J connectivity index is 1.61. The molecule has 3 aromatic rings. The minimum atomic E-state index is -0.772. The smallest absolute Gasteiger partial charge is 0.254 e. The highest BCUT2D eigenvalue weighted by atomic mass is 35.5. The molecule has 2 aromatic carbocycles. The molecule has 0 spiro atoms. The maximum atomic E-state index is 13.6. The van der Waals surface area contributed by atoms with Gasteiger partial charge in [0.1, 0.15) is 17.3 Å². The maximum absolute atomic E-state index is 13.6. The largest absolute Gasteiger partial charge is 0.495 e. The molecule has 1 atom stereocenters. The molecule has 1 aliphatic heterocycles. The highest BCUT2D eigenvalue weighted by Crippen LogP contribution is 2.42. The molecule has 38 heavy (non-hydrogen) atoms. The minimum Gasteiger partial charge on any atom is -0.495 e. The Morgan fingerprint density at radius 2 is 1.84 bits per heavy atom. The Labute approximate surface area is 229 Å². The van der Waals surface area contributed by atoms with E-state index in [1.54, 1.807) is 74.5 Å². The van der Waals surface area contributed by atoms with Crippen LogP contribution in [0, 0.1) is 18.3 Å². The van der Waals surface area contributed by atoms with Crippen molar-refractivity contribution in [1.82, 2.24) is 5.32 Å². The van der Waals surface area contributed by atoms with Gasteiger partial charge in [0, 0.05) is 16.4 Å². The van der Waals surface area contributed by atoms with E-state index in [0.717, 1.165) is 0 Å². The molecule has 0 unspecified atom stereocenters. The molecule has 2 amide bonds. The Bertz CT molecular complexity index is 1470. The van der Waals surface area contributed by atoms with Gasteiger partial charge in [0.25, 0.3) is 5.91 Å². The molecule has 4 rings (SSSR count). The summed E-state index contributed by atoms with van der Waals surface area (Å²) in [5, 5.41) is 20.1. The van der Waals surface area contributed by atoms with Crippen LogP contribution >= 0.6 is 23.4 Å². The lowest BCUT2D eigenvalue weighted by molar-refractivity contribution is -0.114. The first-order valence-corrected chi connectivity index (χ1v) is 13.0. The number of nitriles is 1. The number of ether oxygens (including phenoxy) is 1. The zero-order chi connectivity index (χ0) is 27.2. The Hall–Kier alpha value is -4.13. The van der Waals surface area contributed by atoms with Crippen LogP contribution in [-0.4, -0.2) is 24.7 Å². The fourth-order valence-corrected chi connectivity index (χ4v) is 5.04. The van der Waals surface area contributed by atoms with Gasteiger partial charge in [-0.2, -0.15) is 5.26 Å². The number of benzene rings is 2. The van der Waals surface area contributed by atoms with Gasteiger partial charge in [-0.15, -0.1) is 0 Å². The second kappa shape index (κ2) is 11.9. The number of nitrogens with zero attached hydrogens (tertiary/aromatic N) is 1. The van der Waals surface area contributed by atoms with Crippen molar-refractivity contribution in [3.63, 3.8) is 0 Å². The van der Waals surface area contributed by atoms with Crippen molar-refractivity contribution in [2.24, 2.45) is 0 Å². The van der Waals surface area contributed by atoms with Gasteiger partial charge < -0.3 is 25.1 Å². The molecule has 10 heteroatoms. The molecule has 194 valence electrons. The number of hydrogen-bond acceptors (Lipinski definition) is 7. The lowest BCUT2D eigenvalue weighted by Crippen LogP contribution is -2.31. The van der Waals surface area contributed by atoms with Crippen molar-refractivity contribution < 1.29 is 18.7 Å². The van der Waals surface area contributed by atoms with Crippen LogP contribution in [0.1, 0.15) is 24.4 Å². The van der Waals surface area contributed by atoms with E-state index >= 15 is 0 Å². The number of anilines is 2. The first-order chi connectivity index (χ1) is 18.3. The zero-order valence-corrected chi connectivity index (χ0v) is 22.5. The molecule has 3 N–H and O–H groups in total. The molecule has 0 saturated carbocycles. The number of allylic oxidation sites excluding steroid dienone is 2. The summed E-state index contributed by atoms with van der Waals surface area (Å²) in [5.41, 5.74) is 2.25. The summed E-state index contributed by atoms with van der Waals surface area (Å²) in [6, 6.07) is 19.6. The number of carbonyl (C=O) groups is 2. The number of aryl methyl sites for hydroxylation is 1. The minimum absolute atomic E-state index is 0.0378.